The van der Waals surface area contributed by atoms with Crippen molar-refractivity contribution < 1.29 is 13.2 Å². The normalized spacial score (nSPS) is 16.5. The highest BCUT2D eigenvalue weighted by Gasteiger charge is 2.32. The van der Waals surface area contributed by atoms with Crippen molar-refractivity contribution in [1.82, 2.24) is 19.4 Å². The molecule has 0 aromatic carbocycles. The fourth-order valence-electron chi connectivity index (χ4n) is 2.87. The molecule has 2 aromatic heterocycles. The molecule has 7 nitrogen and oxygen atoms in total. The number of hydrogen-bond donors (Lipinski definition) is 1. The Bertz CT molecular complexity index is 861. The number of nitrogens with one attached hydrogen (secondary N) is 1. The lowest BCUT2D eigenvalue weighted by Gasteiger charge is -2.33. The Kier molecular flexibility index (Phi) is 4.50. The molecule has 2 aromatic rings. The second-order valence-electron chi connectivity index (χ2n) is 5.88. The number of sulfonamides is 1. The number of aromatic amines is 1. The standard InChI is InChI=1S/C15H20N4O3S2/c1-10-8-14(12(3)23-10)24(21,22)19-6-4-18(5-7-19)15(20)13-9-16-17-11(13)2/h8-9H,4-7H2,1-3H3,(H,16,17). The maximum Gasteiger partial charge on any atom is 0.257 e. The van der Waals surface area contributed by atoms with E-state index in [1.807, 2.05) is 13.8 Å². The fourth-order valence-corrected chi connectivity index (χ4v) is 5.82. The first-order valence-electron chi connectivity index (χ1n) is 7.67. The Hall–Kier alpha value is -1.71. The Labute approximate surface area is 145 Å². The fraction of sp³-hybridized carbons (Fsp3) is 0.467. The molecule has 0 aliphatic carbocycles. The third-order valence-electron chi connectivity index (χ3n) is 4.20. The van der Waals surface area contributed by atoms with Gasteiger partial charge in [0.1, 0.15) is 0 Å². The highest BCUT2D eigenvalue weighted by Crippen LogP contribution is 2.28. The Morgan fingerprint density at radius 1 is 1.21 bits per heavy atom. The monoisotopic (exact) mass is 368 g/mol. The zero-order valence-electron chi connectivity index (χ0n) is 13.9. The summed E-state index contributed by atoms with van der Waals surface area (Å²) in [5.41, 5.74) is 1.26. The molecule has 3 rings (SSSR count). The van der Waals surface area contributed by atoms with Crippen LogP contribution in [0.15, 0.2) is 17.2 Å². The van der Waals surface area contributed by atoms with Gasteiger partial charge in [-0.25, -0.2) is 8.42 Å². The highest BCUT2D eigenvalue weighted by molar-refractivity contribution is 7.89. The van der Waals surface area contributed by atoms with Gasteiger partial charge in [0.2, 0.25) is 10.0 Å². The lowest BCUT2D eigenvalue weighted by molar-refractivity contribution is 0.0697. The van der Waals surface area contributed by atoms with Gasteiger partial charge in [-0.1, -0.05) is 0 Å². The molecule has 1 fully saturated rings. The molecule has 0 bridgehead atoms. The zero-order valence-corrected chi connectivity index (χ0v) is 15.5. The van der Waals surface area contributed by atoms with Crippen molar-refractivity contribution in [3.63, 3.8) is 0 Å². The number of rotatable bonds is 3. The number of thiophene rings is 1. The molecule has 0 radical (unpaired) electrons. The minimum atomic E-state index is -3.50. The smallest absolute Gasteiger partial charge is 0.257 e. The number of nitrogens with zero attached hydrogens (tertiary/aromatic N) is 3. The van der Waals surface area contributed by atoms with E-state index in [9.17, 15) is 13.2 Å². The molecule has 0 spiro atoms. The minimum absolute atomic E-state index is 0.110. The van der Waals surface area contributed by atoms with E-state index in [4.69, 9.17) is 0 Å². The van der Waals surface area contributed by atoms with Gasteiger partial charge in [0.25, 0.3) is 5.91 Å². The number of amides is 1. The summed E-state index contributed by atoms with van der Waals surface area (Å²) in [5.74, 6) is -0.110. The van der Waals surface area contributed by atoms with Gasteiger partial charge in [-0.05, 0) is 26.8 Å². The molecular formula is C15H20N4O3S2. The van der Waals surface area contributed by atoms with E-state index in [0.717, 1.165) is 15.4 Å². The van der Waals surface area contributed by atoms with Gasteiger partial charge < -0.3 is 4.90 Å². The van der Waals surface area contributed by atoms with Crippen LogP contribution in [0.25, 0.3) is 0 Å². The first-order chi connectivity index (χ1) is 11.3. The van der Waals surface area contributed by atoms with Crippen LogP contribution in [0, 0.1) is 20.8 Å². The van der Waals surface area contributed by atoms with Crippen LogP contribution in [0.2, 0.25) is 0 Å². The second-order valence-corrected chi connectivity index (χ2v) is 9.25. The predicted molar refractivity (Wildman–Crippen MR) is 91.8 cm³/mol. The van der Waals surface area contributed by atoms with Crippen LogP contribution < -0.4 is 0 Å². The van der Waals surface area contributed by atoms with Crippen molar-refractivity contribution in [3.8, 4) is 0 Å². The Morgan fingerprint density at radius 3 is 2.38 bits per heavy atom. The number of aromatic nitrogens is 2. The van der Waals surface area contributed by atoms with E-state index in [1.165, 1.54) is 21.8 Å². The molecule has 1 aliphatic rings. The summed E-state index contributed by atoms with van der Waals surface area (Å²) in [7, 11) is -3.50. The predicted octanol–water partition coefficient (Wildman–Crippen LogP) is 1.54. The van der Waals surface area contributed by atoms with Gasteiger partial charge in [-0.3, -0.25) is 9.89 Å². The zero-order chi connectivity index (χ0) is 17.5. The van der Waals surface area contributed by atoms with Crippen LogP contribution in [0.4, 0.5) is 0 Å². The van der Waals surface area contributed by atoms with E-state index in [0.29, 0.717) is 36.6 Å². The molecule has 0 unspecified atom stereocenters. The SMILES string of the molecule is Cc1cc(S(=O)(=O)N2CCN(C(=O)c3cn[nH]c3C)CC2)c(C)s1. The van der Waals surface area contributed by atoms with Crippen molar-refractivity contribution >= 4 is 27.3 Å². The average molecular weight is 368 g/mol. The summed E-state index contributed by atoms with van der Waals surface area (Å²) in [5, 5.41) is 6.61. The summed E-state index contributed by atoms with van der Waals surface area (Å²) < 4.78 is 27.1. The number of piperazine rings is 1. The topological polar surface area (TPSA) is 86.4 Å². The van der Waals surface area contributed by atoms with Gasteiger partial charge in [-0.2, -0.15) is 9.40 Å². The summed E-state index contributed by atoms with van der Waals surface area (Å²) in [6.07, 6.45) is 1.51. The second kappa shape index (κ2) is 6.30. The van der Waals surface area contributed by atoms with E-state index in [1.54, 1.807) is 17.9 Å². The summed E-state index contributed by atoms with van der Waals surface area (Å²) in [4.78, 5) is 16.3. The molecule has 1 N–H and O–H groups in total. The van der Waals surface area contributed by atoms with Crippen LogP contribution >= 0.6 is 11.3 Å². The molecule has 1 aliphatic heterocycles. The first kappa shape index (κ1) is 17.1. The van der Waals surface area contributed by atoms with Crippen molar-refractivity contribution in [1.29, 1.82) is 0 Å². The molecule has 3 heterocycles. The Balaban J connectivity index is 1.72. The van der Waals surface area contributed by atoms with Gasteiger partial charge in [-0.15, -0.1) is 11.3 Å². The molecule has 0 saturated carbocycles. The number of carbonyl (C=O) groups excluding carboxylic acids is 1. The summed E-state index contributed by atoms with van der Waals surface area (Å²) in [6.45, 7) is 6.89. The van der Waals surface area contributed by atoms with E-state index in [-0.39, 0.29) is 5.91 Å². The number of carbonyl (C=O) groups is 1. The third kappa shape index (κ3) is 2.99. The van der Waals surface area contributed by atoms with E-state index in [2.05, 4.69) is 10.2 Å². The average Bonchev–Trinajstić information content (AvgIpc) is 3.12. The molecule has 9 heteroatoms. The number of H-pyrrole nitrogens is 1. The van der Waals surface area contributed by atoms with Crippen LogP contribution in [-0.2, 0) is 10.0 Å². The lowest BCUT2D eigenvalue weighted by atomic mass is 10.2. The summed E-state index contributed by atoms with van der Waals surface area (Å²) >= 11 is 1.48. The van der Waals surface area contributed by atoms with Crippen molar-refractivity contribution in [2.75, 3.05) is 26.2 Å². The van der Waals surface area contributed by atoms with Crippen LogP contribution in [0.1, 0.15) is 25.8 Å². The third-order valence-corrected chi connectivity index (χ3v) is 7.32. The minimum Gasteiger partial charge on any atom is -0.336 e. The van der Waals surface area contributed by atoms with Crippen molar-refractivity contribution in [2.45, 2.75) is 25.7 Å². The largest absolute Gasteiger partial charge is 0.336 e. The molecule has 0 atom stereocenters. The lowest BCUT2D eigenvalue weighted by Crippen LogP contribution is -2.50. The van der Waals surface area contributed by atoms with Crippen LogP contribution in [0.5, 0.6) is 0 Å². The van der Waals surface area contributed by atoms with Gasteiger partial charge in [0, 0.05) is 41.6 Å². The van der Waals surface area contributed by atoms with Crippen molar-refractivity contribution in [2.24, 2.45) is 0 Å². The van der Waals surface area contributed by atoms with Crippen LogP contribution in [0.3, 0.4) is 0 Å². The number of aryl methyl sites for hydroxylation is 3. The first-order valence-corrected chi connectivity index (χ1v) is 9.93. The number of hydrogen-bond acceptors (Lipinski definition) is 5. The maximum atomic E-state index is 12.8. The highest BCUT2D eigenvalue weighted by atomic mass is 32.2. The molecule has 1 amide bonds. The van der Waals surface area contributed by atoms with Crippen LogP contribution in [-0.4, -0.2) is 59.9 Å². The van der Waals surface area contributed by atoms with Gasteiger partial charge in [0.15, 0.2) is 0 Å². The Morgan fingerprint density at radius 2 is 1.88 bits per heavy atom. The maximum absolute atomic E-state index is 12.8. The molecular weight excluding hydrogens is 348 g/mol. The van der Waals surface area contributed by atoms with E-state index >= 15 is 0 Å². The quantitative estimate of drug-likeness (QED) is 0.890. The molecule has 130 valence electrons. The molecule has 24 heavy (non-hydrogen) atoms. The van der Waals surface area contributed by atoms with Gasteiger partial charge in [0.05, 0.1) is 16.7 Å². The molecule has 1 saturated heterocycles. The summed E-state index contributed by atoms with van der Waals surface area (Å²) in [6, 6.07) is 1.72. The van der Waals surface area contributed by atoms with Crippen molar-refractivity contribution in [3.05, 3.63) is 33.3 Å². The van der Waals surface area contributed by atoms with E-state index < -0.39 is 10.0 Å². The van der Waals surface area contributed by atoms with Gasteiger partial charge >= 0.3 is 0 Å².